The summed E-state index contributed by atoms with van der Waals surface area (Å²) in [5.74, 6) is -0.900. The summed E-state index contributed by atoms with van der Waals surface area (Å²) in [6.45, 7) is 0.488. The first-order chi connectivity index (χ1) is 9.47. The lowest BCUT2D eigenvalue weighted by molar-refractivity contribution is -0.385. The molecule has 1 aliphatic carbocycles. The summed E-state index contributed by atoms with van der Waals surface area (Å²) in [4.78, 5) is 24.8. The fourth-order valence-electron chi connectivity index (χ4n) is 2.33. The molecular weight excluding hydrogens is 266 g/mol. The summed E-state index contributed by atoms with van der Waals surface area (Å²) < 4.78 is 0. The maximum Gasteiger partial charge on any atom is 0.339 e. The molecule has 20 heavy (non-hydrogen) atoms. The summed E-state index contributed by atoms with van der Waals surface area (Å²) in [5, 5.41) is 32.0. The molecule has 2 atom stereocenters. The molecule has 1 saturated carbocycles. The van der Waals surface area contributed by atoms with Gasteiger partial charge < -0.3 is 15.5 Å². The topological polar surface area (TPSA) is 126 Å². The van der Waals surface area contributed by atoms with Gasteiger partial charge in [0.15, 0.2) is 0 Å². The van der Waals surface area contributed by atoms with Gasteiger partial charge in [0.25, 0.3) is 5.69 Å². The summed E-state index contributed by atoms with van der Waals surface area (Å²) in [6.07, 6.45) is 3.00. The molecule has 1 aromatic heterocycles. The van der Waals surface area contributed by atoms with E-state index in [4.69, 9.17) is 5.11 Å². The van der Waals surface area contributed by atoms with Crippen LogP contribution in [-0.2, 0) is 0 Å². The van der Waals surface area contributed by atoms with E-state index in [2.05, 4.69) is 10.3 Å². The third kappa shape index (κ3) is 3.21. The molecule has 0 radical (unpaired) electrons. The van der Waals surface area contributed by atoms with Gasteiger partial charge in [0.05, 0.1) is 11.0 Å². The molecule has 0 amide bonds. The minimum Gasteiger partial charge on any atom is -0.478 e. The molecule has 3 N–H and O–H groups in total. The highest BCUT2D eigenvalue weighted by molar-refractivity contribution is 5.93. The summed E-state index contributed by atoms with van der Waals surface area (Å²) >= 11 is 0. The quantitative estimate of drug-likeness (QED) is 0.547. The first kappa shape index (κ1) is 14.2. The van der Waals surface area contributed by atoms with Crippen molar-refractivity contribution < 1.29 is 19.9 Å². The lowest BCUT2D eigenvalue weighted by atomic mass is 10.1. The van der Waals surface area contributed by atoms with E-state index in [1.807, 2.05) is 0 Å². The second kappa shape index (κ2) is 5.83. The average Bonchev–Trinajstić information content (AvgIpc) is 2.81. The number of aromatic nitrogens is 1. The SMILES string of the molecule is O=C(O)c1cc([N+](=O)[O-])cnc1NCC1CCC(O)C1. The summed E-state index contributed by atoms with van der Waals surface area (Å²) in [6, 6.07) is 0.987. The molecule has 1 heterocycles. The van der Waals surface area contributed by atoms with Crippen molar-refractivity contribution in [3.63, 3.8) is 0 Å². The van der Waals surface area contributed by atoms with Crippen molar-refractivity contribution in [3.05, 3.63) is 27.9 Å². The van der Waals surface area contributed by atoms with Crippen LogP contribution in [0.1, 0.15) is 29.6 Å². The van der Waals surface area contributed by atoms with E-state index in [0.717, 1.165) is 25.1 Å². The Bertz CT molecular complexity index is 534. The molecule has 0 bridgehead atoms. The van der Waals surface area contributed by atoms with Crippen LogP contribution in [0.15, 0.2) is 12.3 Å². The normalized spacial score (nSPS) is 21.6. The van der Waals surface area contributed by atoms with Gasteiger partial charge in [-0.25, -0.2) is 9.78 Å². The zero-order chi connectivity index (χ0) is 14.7. The van der Waals surface area contributed by atoms with Crippen LogP contribution in [0.2, 0.25) is 0 Å². The zero-order valence-electron chi connectivity index (χ0n) is 10.7. The van der Waals surface area contributed by atoms with Crippen molar-refractivity contribution in [2.75, 3.05) is 11.9 Å². The molecule has 0 aliphatic heterocycles. The van der Waals surface area contributed by atoms with Crippen molar-refractivity contribution in [3.8, 4) is 0 Å². The van der Waals surface area contributed by atoms with Crippen LogP contribution in [0.5, 0.6) is 0 Å². The number of aromatic carboxylic acids is 1. The highest BCUT2D eigenvalue weighted by Gasteiger charge is 2.24. The Hall–Kier alpha value is -2.22. The monoisotopic (exact) mass is 281 g/mol. The Kier molecular flexibility index (Phi) is 4.14. The van der Waals surface area contributed by atoms with Crippen LogP contribution in [0.4, 0.5) is 11.5 Å². The molecule has 0 spiro atoms. The van der Waals surface area contributed by atoms with Crippen molar-refractivity contribution in [1.82, 2.24) is 4.98 Å². The van der Waals surface area contributed by atoms with Crippen LogP contribution in [0, 0.1) is 16.0 Å². The van der Waals surface area contributed by atoms with Gasteiger partial charge in [0, 0.05) is 12.6 Å². The number of aliphatic hydroxyl groups is 1. The zero-order valence-corrected chi connectivity index (χ0v) is 10.7. The van der Waals surface area contributed by atoms with Gasteiger partial charge in [-0.05, 0) is 25.2 Å². The summed E-state index contributed by atoms with van der Waals surface area (Å²) in [5.41, 5.74) is -0.581. The number of nitro groups is 1. The van der Waals surface area contributed by atoms with Gasteiger partial charge in [0.1, 0.15) is 17.6 Å². The maximum absolute atomic E-state index is 11.1. The third-order valence-corrected chi connectivity index (χ3v) is 3.39. The predicted octanol–water partition coefficient (Wildman–Crippen LogP) is 1.26. The van der Waals surface area contributed by atoms with Crippen LogP contribution >= 0.6 is 0 Å². The molecule has 2 unspecified atom stereocenters. The van der Waals surface area contributed by atoms with E-state index >= 15 is 0 Å². The van der Waals surface area contributed by atoms with Crippen LogP contribution in [0.25, 0.3) is 0 Å². The molecule has 1 fully saturated rings. The molecule has 0 saturated heterocycles. The maximum atomic E-state index is 11.1. The molecule has 2 rings (SSSR count). The number of aliphatic hydroxyl groups excluding tert-OH is 1. The molecule has 1 aliphatic rings. The number of rotatable bonds is 5. The number of anilines is 1. The highest BCUT2D eigenvalue weighted by atomic mass is 16.6. The van der Waals surface area contributed by atoms with Crippen molar-refractivity contribution >= 4 is 17.5 Å². The Morgan fingerprint density at radius 1 is 1.55 bits per heavy atom. The molecule has 1 aromatic rings. The van der Waals surface area contributed by atoms with Crippen molar-refractivity contribution in [2.45, 2.75) is 25.4 Å². The number of carboxylic acid groups (broad SMARTS) is 1. The van der Waals surface area contributed by atoms with Gasteiger partial charge >= 0.3 is 5.97 Å². The third-order valence-electron chi connectivity index (χ3n) is 3.39. The van der Waals surface area contributed by atoms with Gasteiger partial charge in [-0.1, -0.05) is 0 Å². The lowest BCUT2D eigenvalue weighted by Crippen LogP contribution is -2.16. The second-order valence-electron chi connectivity index (χ2n) is 4.87. The number of nitrogens with one attached hydrogen (secondary N) is 1. The van der Waals surface area contributed by atoms with E-state index in [0.29, 0.717) is 13.0 Å². The van der Waals surface area contributed by atoms with Gasteiger partial charge in [-0.2, -0.15) is 0 Å². The number of nitrogens with zero attached hydrogens (tertiary/aromatic N) is 2. The number of hydrogen-bond acceptors (Lipinski definition) is 6. The van der Waals surface area contributed by atoms with Crippen molar-refractivity contribution in [2.24, 2.45) is 5.92 Å². The summed E-state index contributed by atoms with van der Waals surface area (Å²) in [7, 11) is 0. The van der Waals surface area contributed by atoms with Crippen LogP contribution in [-0.4, -0.2) is 38.7 Å². The largest absolute Gasteiger partial charge is 0.478 e. The number of carboxylic acids is 1. The van der Waals surface area contributed by atoms with Crippen LogP contribution in [0.3, 0.4) is 0 Å². The van der Waals surface area contributed by atoms with Gasteiger partial charge in [0.2, 0.25) is 0 Å². The second-order valence-corrected chi connectivity index (χ2v) is 4.87. The Labute approximate surface area is 114 Å². The fraction of sp³-hybridized carbons (Fsp3) is 0.500. The number of hydrogen-bond donors (Lipinski definition) is 3. The van der Waals surface area contributed by atoms with Gasteiger partial charge in [-0.15, -0.1) is 0 Å². The van der Waals surface area contributed by atoms with E-state index in [1.165, 1.54) is 0 Å². The fourth-order valence-corrected chi connectivity index (χ4v) is 2.33. The molecular formula is C12H15N3O5. The predicted molar refractivity (Wildman–Crippen MR) is 69.7 cm³/mol. The minimum atomic E-state index is -1.27. The minimum absolute atomic E-state index is 0.115. The number of carbonyl (C=O) groups is 1. The van der Waals surface area contributed by atoms with Crippen molar-refractivity contribution in [1.29, 1.82) is 0 Å². The van der Waals surface area contributed by atoms with E-state index in [1.54, 1.807) is 0 Å². The number of pyridine rings is 1. The van der Waals surface area contributed by atoms with E-state index in [-0.39, 0.29) is 29.1 Å². The Balaban J connectivity index is 2.10. The standard InChI is InChI=1S/C12H15N3O5/c16-9-2-1-7(3-9)5-13-11-10(12(17)18)4-8(6-14-11)15(19)20/h4,6-7,9,16H,1-3,5H2,(H,13,14)(H,17,18). The molecule has 0 aromatic carbocycles. The molecule has 8 nitrogen and oxygen atoms in total. The average molecular weight is 281 g/mol. The van der Waals surface area contributed by atoms with Gasteiger partial charge in [-0.3, -0.25) is 10.1 Å². The highest BCUT2D eigenvalue weighted by Crippen LogP contribution is 2.26. The Morgan fingerprint density at radius 3 is 2.85 bits per heavy atom. The first-order valence-corrected chi connectivity index (χ1v) is 6.27. The van der Waals surface area contributed by atoms with Crippen LogP contribution < -0.4 is 5.32 Å². The molecule has 8 heteroatoms. The van der Waals surface area contributed by atoms with E-state index < -0.39 is 10.9 Å². The molecule has 108 valence electrons. The lowest BCUT2D eigenvalue weighted by Gasteiger charge is -2.12. The van der Waals surface area contributed by atoms with E-state index in [9.17, 15) is 20.0 Å². The smallest absolute Gasteiger partial charge is 0.339 e. The first-order valence-electron chi connectivity index (χ1n) is 6.27. The Morgan fingerprint density at radius 2 is 2.30 bits per heavy atom.